The summed E-state index contributed by atoms with van der Waals surface area (Å²) < 4.78 is 11.3. The Bertz CT molecular complexity index is 913. The van der Waals surface area contributed by atoms with Gasteiger partial charge in [0.2, 0.25) is 5.43 Å². The van der Waals surface area contributed by atoms with E-state index in [2.05, 4.69) is 15.9 Å². The van der Waals surface area contributed by atoms with Gasteiger partial charge in [0.15, 0.2) is 6.61 Å². The minimum absolute atomic E-state index is 0.141. The van der Waals surface area contributed by atoms with Crippen molar-refractivity contribution in [3.8, 4) is 5.75 Å². The third kappa shape index (κ3) is 2.50. The third-order valence-electron chi connectivity index (χ3n) is 2.98. The van der Waals surface area contributed by atoms with Crippen molar-refractivity contribution in [1.29, 1.82) is 0 Å². The lowest BCUT2D eigenvalue weighted by molar-refractivity contribution is -0.139. The Hall–Kier alpha value is -2.34. The molecule has 0 fully saturated rings. The van der Waals surface area contributed by atoms with Crippen LogP contribution in [0, 0.1) is 0 Å². The van der Waals surface area contributed by atoms with Crippen molar-refractivity contribution < 1.29 is 19.1 Å². The first kappa shape index (κ1) is 13.6. The van der Waals surface area contributed by atoms with E-state index in [4.69, 9.17) is 14.3 Å². The van der Waals surface area contributed by atoms with Gasteiger partial charge in [0, 0.05) is 6.07 Å². The number of benzene rings is 2. The fourth-order valence-electron chi connectivity index (χ4n) is 2.05. The average Bonchev–Trinajstić information content (AvgIpc) is 2.46. The zero-order chi connectivity index (χ0) is 15.0. The van der Waals surface area contributed by atoms with E-state index in [9.17, 15) is 9.59 Å². The smallest absolute Gasteiger partial charge is 0.341 e. The molecule has 5 nitrogen and oxygen atoms in total. The molecule has 0 aliphatic heterocycles. The van der Waals surface area contributed by atoms with Crippen molar-refractivity contribution in [2.45, 2.75) is 0 Å². The highest BCUT2D eigenvalue weighted by molar-refractivity contribution is 9.10. The number of carboxylic acid groups (broad SMARTS) is 1. The van der Waals surface area contributed by atoms with Crippen LogP contribution in [0.5, 0.6) is 5.75 Å². The van der Waals surface area contributed by atoms with Crippen LogP contribution >= 0.6 is 15.9 Å². The summed E-state index contributed by atoms with van der Waals surface area (Å²) in [6, 6.07) is 10.0. The molecule has 1 heterocycles. The van der Waals surface area contributed by atoms with Crippen LogP contribution in [0.3, 0.4) is 0 Å². The maximum absolute atomic E-state index is 12.4. The van der Waals surface area contributed by atoms with E-state index in [-0.39, 0.29) is 5.43 Å². The number of fused-ring (bicyclic) bond motifs is 2. The van der Waals surface area contributed by atoms with E-state index in [1.165, 1.54) is 6.07 Å². The monoisotopic (exact) mass is 348 g/mol. The summed E-state index contributed by atoms with van der Waals surface area (Å²) in [5.41, 5.74) is 0.682. The molecular weight excluding hydrogens is 340 g/mol. The van der Waals surface area contributed by atoms with Crippen LogP contribution in [0.25, 0.3) is 21.9 Å². The van der Waals surface area contributed by atoms with Crippen LogP contribution in [0.2, 0.25) is 0 Å². The molecule has 0 unspecified atom stereocenters. The molecule has 3 aromatic rings. The number of para-hydroxylation sites is 1. The number of carboxylic acids is 1. The second-order valence-corrected chi connectivity index (χ2v) is 5.24. The normalized spacial score (nSPS) is 10.9. The molecule has 0 spiro atoms. The topological polar surface area (TPSA) is 76.7 Å². The van der Waals surface area contributed by atoms with Crippen LogP contribution in [-0.2, 0) is 4.79 Å². The fraction of sp³-hybridized carbons (Fsp3) is 0.0667. The standard InChI is InChI=1S/C15H9BrO5/c16-10-5-9-12(6-13(10)20-7-14(17)18)21-11-4-2-1-3-8(11)15(9)19/h1-6H,7H2,(H,17,18). The Morgan fingerprint density at radius 1 is 1.19 bits per heavy atom. The molecule has 0 atom stereocenters. The van der Waals surface area contributed by atoms with Crippen LogP contribution in [-0.4, -0.2) is 17.7 Å². The molecule has 0 amide bonds. The molecule has 0 radical (unpaired) electrons. The van der Waals surface area contributed by atoms with Gasteiger partial charge in [-0.3, -0.25) is 4.79 Å². The highest BCUT2D eigenvalue weighted by atomic mass is 79.9. The highest BCUT2D eigenvalue weighted by Crippen LogP contribution is 2.30. The second-order valence-electron chi connectivity index (χ2n) is 4.39. The highest BCUT2D eigenvalue weighted by Gasteiger charge is 2.12. The van der Waals surface area contributed by atoms with Gasteiger partial charge in [-0.2, -0.15) is 0 Å². The van der Waals surface area contributed by atoms with E-state index < -0.39 is 12.6 Å². The van der Waals surface area contributed by atoms with Crippen molar-refractivity contribution in [2.75, 3.05) is 6.61 Å². The zero-order valence-electron chi connectivity index (χ0n) is 10.6. The summed E-state index contributed by atoms with van der Waals surface area (Å²) in [5, 5.41) is 9.55. The third-order valence-corrected chi connectivity index (χ3v) is 3.60. The van der Waals surface area contributed by atoms with E-state index in [1.807, 2.05) is 0 Å². The van der Waals surface area contributed by atoms with E-state index >= 15 is 0 Å². The van der Waals surface area contributed by atoms with Crippen LogP contribution in [0.15, 0.2) is 50.1 Å². The molecule has 0 saturated heterocycles. The van der Waals surface area contributed by atoms with E-state index in [0.717, 1.165) is 0 Å². The van der Waals surface area contributed by atoms with Gasteiger partial charge in [0.1, 0.15) is 16.9 Å². The average molecular weight is 349 g/mol. The summed E-state index contributed by atoms with van der Waals surface area (Å²) in [4.78, 5) is 23.0. The van der Waals surface area contributed by atoms with Crippen LogP contribution < -0.4 is 10.2 Å². The summed E-state index contributed by atoms with van der Waals surface area (Å²) in [6.07, 6.45) is 0. The number of ether oxygens (including phenoxy) is 1. The molecule has 0 aliphatic rings. The minimum atomic E-state index is -1.08. The zero-order valence-corrected chi connectivity index (χ0v) is 12.2. The SMILES string of the molecule is O=C(O)COc1cc2oc3ccccc3c(=O)c2cc1Br. The lowest BCUT2D eigenvalue weighted by Crippen LogP contribution is -2.10. The molecule has 0 saturated carbocycles. The number of hydrogen-bond donors (Lipinski definition) is 1. The Morgan fingerprint density at radius 2 is 1.95 bits per heavy atom. The van der Waals surface area contributed by atoms with Gasteiger partial charge in [0.25, 0.3) is 0 Å². The van der Waals surface area contributed by atoms with Crippen molar-refractivity contribution in [1.82, 2.24) is 0 Å². The fourth-order valence-corrected chi connectivity index (χ4v) is 2.51. The molecule has 0 bridgehead atoms. The van der Waals surface area contributed by atoms with Gasteiger partial charge >= 0.3 is 5.97 Å². The summed E-state index contributed by atoms with van der Waals surface area (Å²) in [5.74, 6) is -0.773. The second kappa shape index (κ2) is 5.21. The van der Waals surface area contributed by atoms with Gasteiger partial charge in [0.05, 0.1) is 15.2 Å². The number of carbonyl (C=O) groups is 1. The van der Waals surface area contributed by atoms with Gasteiger partial charge < -0.3 is 14.3 Å². The number of hydrogen-bond acceptors (Lipinski definition) is 4. The Balaban J connectivity index is 2.23. The molecule has 106 valence electrons. The Labute approximate surface area is 126 Å². The number of halogens is 1. The molecule has 1 aromatic heterocycles. The molecule has 6 heteroatoms. The lowest BCUT2D eigenvalue weighted by atomic mass is 10.1. The molecule has 3 rings (SSSR count). The summed E-state index contributed by atoms with van der Waals surface area (Å²) in [6.45, 7) is -0.470. The predicted molar refractivity (Wildman–Crippen MR) is 80.8 cm³/mol. The minimum Gasteiger partial charge on any atom is -0.481 e. The van der Waals surface area contributed by atoms with Crippen molar-refractivity contribution in [3.05, 3.63) is 51.1 Å². The Morgan fingerprint density at radius 3 is 2.71 bits per heavy atom. The molecular formula is C15H9BrO5. The van der Waals surface area contributed by atoms with E-state index in [0.29, 0.717) is 32.2 Å². The first-order chi connectivity index (χ1) is 10.1. The van der Waals surface area contributed by atoms with Crippen molar-refractivity contribution >= 4 is 43.8 Å². The Kier molecular flexibility index (Phi) is 3.39. The molecule has 2 aromatic carbocycles. The lowest BCUT2D eigenvalue weighted by Gasteiger charge is -2.08. The van der Waals surface area contributed by atoms with Gasteiger partial charge in [-0.1, -0.05) is 12.1 Å². The van der Waals surface area contributed by atoms with Gasteiger partial charge in [-0.15, -0.1) is 0 Å². The van der Waals surface area contributed by atoms with Crippen molar-refractivity contribution in [3.63, 3.8) is 0 Å². The largest absolute Gasteiger partial charge is 0.481 e. The predicted octanol–water partition coefficient (Wildman–Crippen LogP) is 3.17. The van der Waals surface area contributed by atoms with Gasteiger partial charge in [-0.05, 0) is 34.1 Å². The van der Waals surface area contributed by atoms with Crippen LogP contribution in [0.1, 0.15) is 0 Å². The summed E-state index contributed by atoms with van der Waals surface area (Å²) >= 11 is 3.27. The summed E-state index contributed by atoms with van der Waals surface area (Å²) in [7, 11) is 0. The maximum Gasteiger partial charge on any atom is 0.341 e. The first-order valence-corrected chi connectivity index (χ1v) is 6.85. The molecule has 0 aliphatic carbocycles. The van der Waals surface area contributed by atoms with E-state index in [1.54, 1.807) is 30.3 Å². The van der Waals surface area contributed by atoms with Crippen LogP contribution in [0.4, 0.5) is 0 Å². The molecule has 21 heavy (non-hydrogen) atoms. The van der Waals surface area contributed by atoms with Crippen molar-refractivity contribution in [2.24, 2.45) is 0 Å². The number of rotatable bonds is 3. The quantitative estimate of drug-likeness (QED) is 0.735. The first-order valence-electron chi connectivity index (χ1n) is 6.06. The molecule has 1 N–H and O–H groups in total. The number of aliphatic carboxylic acids is 1. The van der Waals surface area contributed by atoms with Gasteiger partial charge in [-0.25, -0.2) is 4.79 Å². The maximum atomic E-state index is 12.4.